The van der Waals surface area contributed by atoms with E-state index in [4.69, 9.17) is 4.74 Å². The smallest absolute Gasteiger partial charge is 0.223 e. The van der Waals surface area contributed by atoms with Gasteiger partial charge in [-0.05, 0) is 38.5 Å². The third kappa shape index (κ3) is 5.19. The molecule has 0 radical (unpaired) electrons. The summed E-state index contributed by atoms with van der Waals surface area (Å²) in [5.74, 6) is 0.697. The van der Waals surface area contributed by atoms with Crippen molar-refractivity contribution in [1.29, 1.82) is 0 Å². The van der Waals surface area contributed by atoms with Crippen molar-refractivity contribution in [2.75, 3.05) is 6.61 Å². The number of ether oxygens (including phenoxy) is 1. The highest BCUT2D eigenvalue weighted by Gasteiger charge is 2.04. The van der Waals surface area contributed by atoms with E-state index in [2.05, 4.69) is 5.32 Å². The summed E-state index contributed by atoms with van der Waals surface area (Å²) in [4.78, 5) is 11.4. The minimum atomic E-state index is -0.476. The van der Waals surface area contributed by atoms with Gasteiger partial charge in [0, 0.05) is 6.04 Å². The average Bonchev–Trinajstić information content (AvgIpc) is 2.28. The first-order valence-corrected chi connectivity index (χ1v) is 6.19. The van der Waals surface area contributed by atoms with Gasteiger partial charge < -0.3 is 15.2 Å². The molecule has 2 N–H and O–H groups in total. The average molecular weight is 251 g/mol. The van der Waals surface area contributed by atoms with Crippen LogP contribution in [0.25, 0.3) is 0 Å². The summed E-state index contributed by atoms with van der Waals surface area (Å²) in [5.41, 5.74) is 0.847. The number of rotatable bonds is 6. The van der Waals surface area contributed by atoms with Crippen LogP contribution in [0.1, 0.15) is 38.9 Å². The lowest BCUT2D eigenvalue weighted by molar-refractivity contribution is -0.122. The number of hydrogen-bond acceptors (Lipinski definition) is 3. The van der Waals surface area contributed by atoms with Crippen LogP contribution in [0, 0.1) is 0 Å². The highest BCUT2D eigenvalue weighted by atomic mass is 16.5. The lowest BCUT2D eigenvalue weighted by Gasteiger charge is -2.10. The van der Waals surface area contributed by atoms with Crippen LogP contribution in [-0.2, 0) is 4.79 Å². The number of benzene rings is 1. The number of nitrogens with one attached hydrogen (secondary N) is 1. The van der Waals surface area contributed by atoms with Crippen molar-refractivity contribution >= 4 is 5.91 Å². The standard InChI is InChI=1S/C14H21NO3/c1-10(2)15-14(17)8-9-18-13-6-4-12(5-7-13)11(3)16/h4-7,10-11,16H,8-9H2,1-3H3,(H,15,17). The molecule has 4 nitrogen and oxygen atoms in total. The Morgan fingerprint density at radius 3 is 2.39 bits per heavy atom. The van der Waals surface area contributed by atoms with E-state index in [-0.39, 0.29) is 11.9 Å². The zero-order valence-electron chi connectivity index (χ0n) is 11.1. The van der Waals surface area contributed by atoms with E-state index in [9.17, 15) is 9.90 Å². The fourth-order valence-electron chi connectivity index (χ4n) is 1.50. The third-order valence-electron chi connectivity index (χ3n) is 2.41. The lowest BCUT2D eigenvalue weighted by Crippen LogP contribution is -2.31. The van der Waals surface area contributed by atoms with Crippen molar-refractivity contribution < 1.29 is 14.6 Å². The van der Waals surface area contributed by atoms with Crippen LogP contribution in [-0.4, -0.2) is 23.7 Å². The van der Waals surface area contributed by atoms with Crippen molar-refractivity contribution in [2.24, 2.45) is 0 Å². The molecule has 0 aliphatic carbocycles. The summed E-state index contributed by atoms with van der Waals surface area (Å²) in [5, 5.41) is 12.2. The van der Waals surface area contributed by atoms with Gasteiger partial charge in [0.1, 0.15) is 5.75 Å². The molecule has 0 bridgehead atoms. The Kier molecular flexibility index (Phi) is 5.65. The molecule has 4 heteroatoms. The first-order chi connectivity index (χ1) is 8.49. The van der Waals surface area contributed by atoms with E-state index < -0.39 is 6.10 Å². The molecule has 1 aromatic carbocycles. The van der Waals surface area contributed by atoms with Crippen LogP contribution < -0.4 is 10.1 Å². The molecule has 1 unspecified atom stereocenters. The van der Waals surface area contributed by atoms with Crippen molar-refractivity contribution in [3.05, 3.63) is 29.8 Å². The molecule has 0 spiro atoms. The second-order valence-electron chi connectivity index (χ2n) is 4.57. The lowest BCUT2D eigenvalue weighted by atomic mass is 10.1. The summed E-state index contributed by atoms with van der Waals surface area (Å²) >= 11 is 0. The second kappa shape index (κ2) is 7.01. The molecule has 0 saturated carbocycles. The minimum Gasteiger partial charge on any atom is -0.493 e. The van der Waals surface area contributed by atoms with E-state index in [1.54, 1.807) is 19.1 Å². The van der Waals surface area contributed by atoms with Crippen LogP contribution in [0.3, 0.4) is 0 Å². The topological polar surface area (TPSA) is 58.6 Å². The van der Waals surface area contributed by atoms with Gasteiger partial charge in [0.2, 0.25) is 5.91 Å². The zero-order valence-corrected chi connectivity index (χ0v) is 11.1. The highest BCUT2D eigenvalue weighted by molar-refractivity contribution is 5.76. The summed E-state index contributed by atoms with van der Waals surface area (Å²) in [6.45, 7) is 5.92. The van der Waals surface area contributed by atoms with Crippen LogP contribution >= 0.6 is 0 Å². The Morgan fingerprint density at radius 1 is 1.28 bits per heavy atom. The summed E-state index contributed by atoms with van der Waals surface area (Å²) in [6.07, 6.45) is -0.132. The Labute approximate surface area is 108 Å². The van der Waals surface area contributed by atoms with Gasteiger partial charge in [-0.2, -0.15) is 0 Å². The van der Waals surface area contributed by atoms with Gasteiger partial charge in [-0.15, -0.1) is 0 Å². The molecular formula is C14H21NO3. The maximum absolute atomic E-state index is 11.4. The highest BCUT2D eigenvalue weighted by Crippen LogP contribution is 2.17. The Morgan fingerprint density at radius 2 is 1.89 bits per heavy atom. The van der Waals surface area contributed by atoms with E-state index in [1.807, 2.05) is 26.0 Å². The molecule has 0 saturated heterocycles. The zero-order chi connectivity index (χ0) is 13.5. The molecule has 18 heavy (non-hydrogen) atoms. The summed E-state index contributed by atoms with van der Waals surface area (Å²) in [6, 6.07) is 7.37. The Bertz CT molecular complexity index is 371. The maximum Gasteiger partial charge on any atom is 0.223 e. The van der Waals surface area contributed by atoms with Crippen LogP contribution in [0.2, 0.25) is 0 Å². The van der Waals surface area contributed by atoms with Gasteiger partial charge in [-0.25, -0.2) is 0 Å². The molecule has 1 atom stereocenters. The number of carbonyl (C=O) groups excluding carboxylic acids is 1. The number of aliphatic hydroxyl groups excluding tert-OH is 1. The van der Waals surface area contributed by atoms with E-state index >= 15 is 0 Å². The van der Waals surface area contributed by atoms with Gasteiger partial charge in [0.05, 0.1) is 19.1 Å². The van der Waals surface area contributed by atoms with Gasteiger partial charge in [0.25, 0.3) is 0 Å². The molecule has 0 aromatic heterocycles. The molecule has 100 valence electrons. The van der Waals surface area contributed by atoms with Gasteiger partial charge >= 0.3 is 0 Å². The minimum absolute atomic E-state index is 0.00870. The Balaban J connectivity index is 2.33. The quantitative estimate of drug-likeness (QED) is 0.813. The Hall–Kier alpha value is -1.55. The number of aliphatic hydroxyl groups is 1. The molecule has 0 aliphatic rings. The molecular weight excluding hydrogens is 230 g/mol. The van der Waals surface area contributed by atoms with Crippen molar-refractivity contribution in [1.82, 2.24) is 5.32 Å². The van der Waals surface area contributed by atoms with E-state index in [0.29, 0.717) is 18.8 Å². The fourth-order valence-corrected chi connectivity index (χ4v) is 1.50. The first-order valence-electron chi connectivity index (χ1n) is 6.19. The second-order valence-corrected chi connectivity index (χ2v) is 4.57. The predicted octanol–water partition coefficient (Wildman–Crippen LogP) is 2.03. The third-order valence-corrected chi connectivity index (χ3v) is 2.41. The van der Waals surface area contributed by atoms with Crippen LogP contribution in [0.5, 0.6) is 5.75 Å². The van der Waals surface area contributed by atoms with E-state index in [1.165, 1.54) is 0 Å². The van der Waals surface area contributed by atoms with Crippen LogP contribution in [0.15, 0.2) is 24.3 Å². The van der Waals surface area contributed by atoms with Gasteiger partial charge in [0.15, 0.2) is 0 Å². The first kappa shape index (κ1) is 14.5. The van der Waals surface area contributed by atoms with Crippen LogP contribution in [0.4, 0.5) is 0 Å². The molecule has 1 rings (SSSR count). The molecule has 1 aromatic rings. The van der Waals surface area contributed by atoms with Crippen molar-refractivity contribution in [2.45, 2.75) is 39.3 Å². The summed E-state index contributed by atoms with van der Waals surface area (Å²) in [7, 11) is 0. The SMILES string of the molecule is CC(C)NC(=O)CCOc1ccc(C(C)O)cc1. The molecule has 0 fully saturated rings. The number of carbonyl (C=O) groups is 1. The number of amides is 1. The van der Waals surface area contributed by atoms with Gasteiger partial charge in [-0.3, -0.25) is 4.79 Å². The fraction of sp³-hybridized carbons (Fsp3) is 0.500. The molecule has 1 amide bonds. The van der Waals surface area contributed by atoms with Crippen molar-refractivity contribution in [3.8, 4) is 5.75 Å². The predicted molar refractivity (Wildman–Crippen MR) is 70.5 cm³/mol. The van der Waals surface area contributed by atoms with Crippen molar-refractivity contribution in [3.63, 3.8) is 0 Å². The van der Waals surface area contributed by atoms with Gasteiger partial charge in [-0.1, -0.05) is 12.1 Å². The van der Waals surface area contributed by atoms with E-state index in [0.717, 1.165) is 5.56 Å². The maximum atomic E-state index is 11.4. The summed E-state index contributed by atoms with van der Waals surface area (Å²) < 4.78 is 5.45. The number of hydrogen-bond donors (Lipinski definition) is 2. The normalized spacial score (nSPS) is 12.3. The molecule has 0 aliphatic heterocycles. The largest absolute Gasteiger partial charge is 0.493 e. The monoisotopic (exact) mass is 251 g/mol. The molecule has 0 heterocycles.